The van der Waals surface area contributed by atoms with Crippen molar-refractivity contribution in [3.63, 3.8) is 0 Å². The molecule has 0 aromatic heterocycles. The van der Waals surface area contributed by atoms with Gasteiger partial charge >= 0.3 is 11.9 Å². The van der Waals surface area contributed by atoms with Gasteiger partial charge in [0.25, 0.3) is 11.8 Å². The van der Waals surface area contributed by atoms with E-state index in [9.17, 15) is 28.8 Å². The van der Waals surface area contributed by atoms with Crippen LogP contribution in [0.15, 0.2) is 131 Å². The molecule has 3 aromatic rings. The molecule has 6 N–H and O–H groups in total. The maximum Gasteiger partial charge on any atom is 0.339 e. The number of nitrogens with zero attached hydrogens (tertiary/aromatic N) is 2. The summed E-state index contributed by atoms with van der Waals surface area (Å²) in [5.41, 5.74) is 7.99. The minimum Gasteiger partial charge on any atom is -0.478 e. The molecule has 3 aromatic carbocycles. The van der Waals surface area contributed by atoms with Crippen LogP contribution in [0.25, 0.3) is 0 Å². The first-order valence-electron chi connectivity index (χ1n) is 14.0. The third-order valence-electron chi connectivity index (χ3n) is 6.71. The molecule has 0 saturated carbocycles. The lowest BCUT2D eigenvalue weighted by Gasteiger charge is -2.09. The summed E-state index contributed by atoms with van der Waals surface area (Å²) in [4.78, 5) is 71.0. The second-order valence-corrected chi connectivity index (χ2v) is 10.1. The van der Waals surface area contributed by atoms with Gasteiger partial charge in [0.2, 0.25) is 0 Å². The maximum absolute atomic E-state index is 12.8. The number of carbonyl (C=O) groups excluding carboxylic acids is 4. The summed E-state index contributed by atoms with van der Waals surface area (Å²) >= 11 is 0. The molecule has 0 unspecified atom stereocenters. The lowest BCUT2D eigenvalue weighted by molar-refractivity contribution is -0.135. The van der Waals surface area contributed by atoms with Crippen molar-refractivity contribution in [1.29, 1.82) is 0 Å². The summed E-state index contributed by atoms with van der Waals surface area (Å²) in [5.74, 6) is -4.71. The Balaban J connectivity index is 1.12. The Hall–Kier alpha value is -7.22. The molecule has 14 nitrogen and oxygen atoms in total. The molecule has 14 heteroatoms. The smallest absolute Gasteiger partial charge is 0.339 e. The van der Waals surface area contributed by atoms with Crippen LogP contribution >= 0.6 is 0 Å². The first kappa shape index (κ1) is 32.2. The van der Waals surface area contributed by atoms with Gasteiger partial charge in [-0.2, -0.15) is 10.2 Å². The van der Waals surface area contributed by atoms with Gasteiger partial charge in [-0.15, -0.1) is 0 Å². The first-order valence-corrected chi connectivity index (χ1v) is 14.0. The third-order valence-corrected chi connectivity index (χ3v) is 6.71. The fraction of sp³-hybridized carbons (Fsp3) is 0. The number of benzene rings is 3. The van der Waals surface area contributed by atoms with Crippen molar-refractivity contribution in [2.75, 3.05) is 21.5 Å². The molecule has 0 fully saturated rings. The second kappa shape index (κ2) is 14.3. The van der Waals surface area contributed by atoms with Crippen molar-refractivity contribution in [1.82, 2.24) is 0 Å². The zero-order valence-electron chi connectivity index (χ0n) is 24.6. The molecule has 0 heterocycles. The standard InChI is InChI=1S/C34H24N6O8/c41-29-15-13-25(17-27(29)33(45)46)39-37-23-9-5-21(6-10-23)35-31(43)19-1-2-20(4-3-19)32(44)36-22-7-11-24(12-8-22)38-40-26-14-16-30(42)28(18-26)34(47)48/h1-18,37-38H,(H,35,43)(H,36,44)(H,45,46)(H,47,48)/b39-25+,40-26+. The van der Waals surface area contributed by atoms with Gasteiger partial charge in [0.05, 0.1) is 22.8 Å². The summed E-state index contributed by atoms with van der Waals surface area (Å²) in [5, 5.41) is 31.8. The Morgan fingerprint density at radius 3 is 1.15 bits per heavy atom. The van der Waals surface area contributed by atoms with Gasteiger partial charge in [-0.25, -0.2) is 9.59 Å². The van der Waals surface area contributed by atoms with Crippen LogP contribution in [0.5, 0.6) is 0 Å². The highest BCUT2D eigenvalue weighted by atomic mass is 16.4. The van der Waals surface area contributed by atoms with Crippen LogP contribution in [-0.4, -0.2) is 57.0 Å². The molecule has 2 amide bonds. The van der Waals surface area contributed by atoms with Crippen LogP contribution in [0, 0.1) is 0 Å². The molecule has 5 rings (SSSR count). The topological polar surface area (TPSA) is 216 Å². The van der Waals surface area contributed by atoms with Crippen molar-refractivity contribution in [3.8, 4) is 0 Å². The molecule has 0 radical (unpaired) electrons. The van der Waals surface area contributed by atoms with E-state index in [4.69, 9.17) is 10.2 Å². The number of carbonyl (C=O) groups is 6. The van der Waals surface area contributed by atoms with Crippen LogP contribution in [0.2, 0.25) is 0 Å². The predicted molar refractivity (Wildman–Crippen MR) is 177 cm³/mol. The Morgan fingerprint density at radius 1 is 0.479 bits per heavy atom. The summed E-state index contributed by atoms with van der Waals surface area (Å²) in [6.07, 6.45) is 7.36. The molecule has 2 aliphatic rings. The highest BCUT2D eigenvalue weighted by molar-refractivity contribution is 6.30. The van der Waals surface area contributed by atoms with Gasteiger partial charge in [-0.1, -0.05) is 0 Å². The molecular formula is C34H24N6O8. The van der Waals surface area contributed by atoms with E-state index in [0.29, 0.717) is 33.9 Å². The largest absolute Gasteiger partial charge is 0.478 e. The van der Waals surface area contributed by atoms with Gasteiger partial charge in [0.15, 0.2) is 11.6 Å². The van der Waals surface area contributed by atoms with E-state index in [-0.39, 0.29) is 22.6 Å². The van der Waals surface area contributed by atoms with Crippen LogP contribution in [0.4, 0.5) is 22.7 Å². The number of carboxylic acid groups (broad SMARTS) is 2. The lowest BCUT2D eigenvalue weighted by atomic mass is 10.0. The minimum atomic E-state index is -1.34. The number of hydrogen-bond acceptors (Lipinski definition) is 10. The zero-order chi connectivity index (χ0) is 34.2. The Kier molecular flexibility index (Phi) is 9.56. The Morgan fingerprint density at radius 2 is 0.812 bits per heavy atom. The van der Waals surface area contributed by atoms with E-state index in [1.165, 1.54) is 36.4 Å². The Bertz CT molecular complexity index is 1870. The van der Waals surface area contributed by atoms with E-state index in [2.05, 4.69) is 31.7 Å². The van der Waals surface area contributed by atoms with E-state index in [0.717, 1.165) is 24.3 Å². The van der Waals surface area contributed by atoms with Crippen molar-refractivity contribution in [2.24, 2.45) is 10.2 Å². The number of ketones is 2. The number of aliphatic carboxylic acids is 2. The van der Waals surface area contributed by atoms with E-state index in [1.807, 2.05) is 0 Å². The van der Waals surface area contributed by atoms with Crippen molar-refractivity contribution in [2.45, 2.75) is 0 Å². The monoisotopic (exact) mass is 644 g/mol. The molecule has 0 spiro atoms. The molecule has 48 heavy (non-hydrogen) atoms. The zero-order valence-corrected chi connectivity index (χ0v) is 24.6. The van der Waals surface area contributed by atoms with Gasteiger partial charge in [0.1, 0.15) is 11.1 Å². The third kappa shape index (κ3) is 8.08. The fourth-order valence-corrected chi connectivity index (χ4v) is 4.20. The number of rotatable bonds is 10. The highest BCUT2D eigenvalue weighted by Crippen LogP contribution is 2.18. The fourth-order valence-electron chi connectivity index (χ4n) is 4.20. The predicted octanol–water partition coefficient (Wildman–Crippen LogP) is 4.03. The van der Waals surface area contributed by atoms with E-state index in [1.54, 1.807) is 48.5 Å². The molecule has 238 valence electrons. The molecule has 0 atom stereocenters. The average molecular weight is 645 g/mol. The van der Waals surface area contributed by atoms with Crippen LogP contribution in [-0.2, 0) is 19.2 Å². The van der Waals surface area contributed by atoms with Crippen LogP contribution < -0.4 is 21.5 Å². The number of amides is 2. The summed E-state index contributed by atoms with van der Waals surface area (Å²) < 4.78 is 0. The lowest BCUT2D eigenvalue weighted by Crippen LogP contribution is -2.16. The highest BCUT2D eigenvalue weighted by Gasteiger charge is 2.20. The number of hydrazone groups is 2. The quantitative estimate of drug-likeness (QED) is 0.106. The van der Waals surface area contributed by atoms with Crippen LogP contribution in [0.3, 0.4) is 0 Å². The summed E-state index contributed by atoms with van der Waals surface area (Å²) in [6, 6.07) is 19.2. The van der Waals surface area contributed by atoms with Gasteiger partial charge in [-0.05, 0) is 109 Å². The number of nitrogens with one attached hydrogen (secondary N) is 4. The van der Waals surface area contributed by atoms with E-state index < -0.39 is 35.3 Å². The van der Waals surface area contributed by atoms with Crippen molar-refractivity contribution < 1.29 is 39.0 Å². The average Bonchev–Trinajstić information content (AvgIpc) is 3.08. The molecular weight excluding hydrogens is 620 g/mol. The SMILES string of the molecule is O=C(O)C1=C/C(=N/Nc2ccc(NC(=O)c3ccc(C(=O)Nc4ccc(N/N=C5\C=CC(=O)C(C(=O)O)=C5)cc4)cc3)cc2)C=CC1=O. The summed E-state index contributed by atoms with van der Waals surface area (Å²) in [6.45, 7) is 0. The molecule has 0 aliphatic heterocycles. The van der Waals surface area contributed by atoms with Gasteiger partial charge in [0, 0.05) is 22.5 Å². The van der Waals surface area contributed by atoms with Gasteiger partial charge < -0.3 is 20.8 Å². The number of hydrogen-bond donors (Lipinski definition) is 6. The Labute approximate surface area is 271 Å². The van der Waals surface area contributed by atoms with E-state index >= 15 is 0 Å². The first-order chi connectivity index (χ1) is 23.0. The van der Waals surface area contributed by atoms with Crippen LogP contribution in [0.1, 0.15) is 20.7 Å². The number of allylic oxidation sites excluding steroid dienone is 6. The second-order valence-electron chi connectivity index (χ2n) is 10.1. The molecule has 2 aliphatic carbocycles. The number of anilines is 4. The van der Waals surface area contributed by atoms with Crippen molar-refractivity contribution in [3.05, 3.63) is 132 Å². The number of carboxylic acids is 2. The minimum absolute atomic E-state index is 0.254. The van der Waals surface area contributed by atoms with Gasteiger partial charge in [-0.3, -0.25) is 30.0 Å². The maximum atomic E-state index is 12.8. The van der Waals surface area contributed by atoms with Crippen molar-refractivity contribution >= 4 is 69.5 Å². The molecule has 0 bridgehead atoms. The summed E-state index contributed by atoms with van der Waals surface area (Å²) in [7, 11) is 0. The molecule has 0 saturated heterocycles. The normalized spacial score (nSPS) is 15.4.